The third-order valence-corrected chi connectivity index (χ3v) is 3.11. The molecule has 0 saturated carbocycles. The Bertz CT molecular complexity index is 630. The molecule has 0 saturated heterocycles. The van der Waals surface area contributed by atoms with Crippen molar-refractivity contribution in [3.8, 4) is 5.82 Å². The lowest BCUT2D eigenvalue weighted by Gasteiger charge is -2.20. The van der Waals surface area contributed by atoms with Gasteiger partial charge < -0.3 is 10.8 Å². The number of carboxylic acids is 1. The number of nitrogen functional groups attached to an aromatic ring is 1. The molecule has 120 valence electrons. The summed E-state index contributed by atoms with van der Waals surface area (Å²) in [5.74, 6) is -0.979. The lowest BCUT2D eigenvalue weighted by atomic mass is 10.2. The molecule has 2 aromatic rings. The van der Waals surface area contributed by atoms with E-state index in [1.54, 1.807) is 0 Å². The first-order valence-corrected chi connectivity index (χ1v) is 7.07. The normalized spacial score (nSPS) is 11.2. The zero-order chi connectivity index (χ0) is 16.1. The number of hydrogen-bond acceptors (Lipinski definition) is 8. The fourth-order valence-corrected chi connectivity index (χ4v) is 2.23. The van der Waals surface area contributed by atoms with E-state index in [0.29, 0.717) is 12.2 Å². The van der Waals surface area contributed by atoms with E-state index in [2.05, 4.69) is 44.0 Å². The van der Waals surface area contributed by atoms with Crippen LogP contribution >= 0.6 is 0 Å². The Kier molecular flexibility index (Phi) is 5.04. The van der Waals surface area contributed by atoms with Crippen LogP contribution in [0.4, 0.5) is 5.82 Å². The van der Waals surface area contributed by atoms with Gasteiger partial charge >= 0.3 is 5.97 Å². The predicted octanol–water partition coefficient (Wildman–Crippen LogP) is 0.553. The standard InChI is InChI=1S/C12H19N7O3/c1-3-5-18(6-4-2)7-8-9(12(20)21)14-17-19(8)11-10(13)15-22-16-11/h3-7H2,1-2H3,(H2,13,15)(H,20,21). The molecule has 0 aromatic carbocycles. The summed E-state index contributed by atoms with van der Waals surface area (Å²) in [6.45, 7) is 6.18. The molecule has 10 nitrogen and oxygen atoms in total. The predicted molar refractivity (Wildman–Crippen MR) is 76.4 cm³/mol. The molecule has 10 heteroatoms. The van der Waals surface area contributed by atoms with E-state index < -0.39 is 5.97 Å². The molecule has 0 aliphatic carbocycles. The van der Waals surface area contributed by atoms with Crippen LogP contribution in [0.25, 0.3) is 5.82 Å². The smallest absolute Gasteiger partial charge is 0.358 e. The van der Waals surface area contributed by atoms with Gasteiger partial charge in [-0.15, -0.1) is 5.10 Å². The Hall–Kier alpha value is -2.49. The highest BCUT2D eigenvalue weighted by molar-refractivity contribution is 5.86. The molecule has 0 spiro atoms. The second-order valence-electron chi connectivity index (χ2n) is 4.85. The van der Waals surface area contributed by atoms with Gasteiger partial charge in [0.15, 0.2) is 5.69 Å². The summed E-state index contributed by atoms with van der Waals surface area (Å²) >= 11 is 0. The van der Waals surface area contributed by atoms with Gasteiger partial charge in [-0.1, -0.05) is 19.1 Å². The maximum absolute atomic E-state index is 11.4. The van der Waals surface area contributed by atoms with Crippen LogP contribution in [0.2, 0.25) is 0 Å². The van der Waals surface area contributed by atoms with Crippen molar-refractivity contribution in [3.05, 3.63) is 11.4 Å². The minimum absolute atomic E-state index is 0.0284. The maximum Gasteiger partial charge on any atom is 0.358 e. The highest BCUT2D eigenvalue weighted by Crippen LogP contribution is 2.17. The third-order valence-electron chi connectivity index (χ3n) is 3.11. The van der Waals surface area contributed by atoms with Crippen LogP contribution < -0.4 is 5.73 Å². The molecule has 0 fully saturated rings. The highest BCUT2D eigenvalue weighted by Gasteiger charge is 2.24. The van der Waals surface area contributed by atoms with E-state index in [-0.39, 0.29) is 17.3 Å². The lowest BCUT2D eigenvalue weighted by Crippen LogP contribution is -2.27. The number of anilines is 1. The van der Waals surface area contributed by atoms with Crippen LogP contribution in [0.1, 0.15) is 42.9 Å². The van der Waals surface area contributed by atoms with Crippen LogP contribution in [0.3, 0.4) is 0 Å². The van der Waals surface area contributed by atoms with Crippen LogP contribution in [-0.2, 0) is 6.54 Å². The maximum atomic E-state index is 11.4. The van der Waals surface area contributed by atoms with E-state index >= 15 is 0 Å². The Morgan fingerprint density at radius 2 is 2.00 bits per heavy atom. The van der Waals surface area contributed by atoms with Crippen molar-refractivity contribution >= 4 is 11.8 Å². The van der Waals surface area contributed by atoms with E-state index in [4.69, 9.17) is 5.73 Å². The van der Waals surface area contributed by atoms with E-state index in [1.807, 2.05) is 0 Å². The summed E-state index contributed by atoms with van der Waals surface area (Å²) in [5.41, 5.74) is 5.93. The summed E-state index contributed by atoms with van der Waals surface area (Å²) < 4.78 is 5.82. The van der Waals surface area contributed by atoms with Crippen molar-refractivity contribution in [1.29, 1.82) is 0 Å². The number of nitrogens with two attached hydrogens (primary N) is 1. The molecule has 0 aliphatic rings. The van der Waals surface area contributed by atoms with Gasteiger partial charge in [-0.3, -0.25) is 4.90 Å². The molecule has 0 aliphatic heterocycles. The minimum Gasteiger partial charge on any atom is -0.476 e. The van der Waals surface area contributed by atoms with Crippen LogP contribution in [-0.4, -0.2) is 54.4 Å². The number of hydrogen-bond donors (Lipinski definition) is 2. The molecule has 0 unspecified atom stereocenters. The molecule has 0 amide bonds. The first-order valence-electron chi connectivity index (χ1n) is 7.07. The molecule has 0 bridgehead atoms. The lowest BCUT2D eigenvalue weighted by molar-refractivity contribution is 0.0687. The fourth-order valence-electron chi connectivity index (χ4n) is 2.23. The molecular weight excluding hydrogens is 290 g/mol. The number of rotatable bonds is 8. The molecular formula is C12H19N7O3. The highest BCUT2D eigenvalue weighted by atomic mass is 16.6. The Morgan fingerprint density at radius 3 is 2.50 bits per heavy atom. The van der Waals surface area contributed by atoms with Crippen molar-refractivity contribution in [2.45, 2.75) is 33.2 Å². The first-order chi connectivity index (χ1) is 10.6. The second-order valence-corrected chi connectivity index (χ2v) is 4.85. The van der Waals surface area contributed by atoms with E-state index in [0.717, 1.165) is 25.9 Å². The number of carbonyl (C=O) groups is 1. The van der Waals surface area contributed by atoms with Gasteiger partial charge in [0, 0.05) is 6.54 Å². The van der Waals surface area contributed by atoms with Crippen molar-refractivity contribution in [2.75, 3.05) is 18.8 Å². The summed E-state index contributed by atoms with van der Waals surface area (Å²) in [5, 5.41) is 24.0. The average Bonchev–Trinajstić information content (AvgIpc) is 3.05. The summed E-state index contributed by atoms with van der Waals surface area (Å²) in [4.78, 5) is 13.5. The van der Waals surface area contributed by atoms with Gasteiger partial charge in [0.25, 0.3) is 0 Å². The van der Waals surface area contributed by atoms with Gasteiger partial charge in [-0.25, -0.2) is 9.42 Å². The van der Waals surface area contributed by atoms with Gasteiger partial charge in [0.05, 0.1) is 5.69 Å². The first kappa shape index (κ1) is 15.9. The number of aromatic nitrogens is 5. The monoisotopic (exact) mass is 309 g/mol. The molecule has 3 N–H and O–H groups in total. The zero-order valence-electron chi connectivity index (χ0n) is 12.6. The summed E-state index contributed by atoms with van der Waals surface area (Å²) in [7, 11) is 0. The second kappa shape index (κ2) is 6.98. The van der Waals surface area contributed by atoms with E-state index in [1.165, 1.54) is 4.68 Å². The van der Waals surface area contributed by atoms with Crippen LogP contribution in [0.15, 0.2) is 4.63 Å². The Morgan fingerprint density at radius 1 is 1.32 bits per heavy atom. The van der Waals surface area contributed by atoms with Gasteiger partial charge in [-0.05, 0) is 36.2 Å². The van der Waals surface area contributed by atoms with Gasteiger partial charge in [-0.2, -0.15) is 4.68 Å². The quantitative estimate of drug-likeness (QED) is 0.716. The van der Waals surface area contributed by atoms with Crippen molar-refractivity contribution in [2.24, 2.45) is 0 Å². The summed E-state index contributed by atoms with van der Waals surface area (Å²) in [6, 6.07) is 0. The van der Waals surface area contributed by atoms with Crippen LogP contribution in [0.5, 0.6) is 0 Å². The number of aromatic carboxylic acids is 1. The largest absolute Gasteiger partial charge is 0.476 e. The minimum atomic E-state index is -1.15. The number of nitrogens with zero attached hydrogens (tertiary/aromatic N) is 6. The topological polar surface area (TPSA) is 136 Å². The zero-order valence-corrected chi connectivity index (χ0v) is 12.6. The summed E-state index contributed by atoms with van der Waals surface area (Å²) in [6.07, 6.45) is 1.91. The van der Waals surface area contributed by atoms with Gasteiger partial charge in [0.1, 0.15) is 0 Å². The van der Waals surface area contributed by atoms with E-state index in [9.17, 15) is 9.90 Å². The molecule has 22 heavy (non-hydrogen) atoms. The molecule has 0 atom stereocenters. The molecule has 0 radical (unpaired) electrons. The van der Waals surface area contributed by atoms with Gasteiger partial charge in [0.2, 0.25) is 11.6 Å². The number of carboxylic acid groups (broad SMARTS) is 1. The fraction of sp³-hybridized carbons (Fsp3) is 0.583. The average molecular weight is 309 g/mol. The van der Waals surface area contributed by atoms with Crippen molar-refractivity contribution in [3.63, 3.8) is 0 Å². The van der Waals surface area contributed by atoms with Crippen molar-refractivity contribution < 1.29 is 14.5 Å². The van der Waals surface area contributed by atoms with Crippen molar-refractivity contribution in [1.82, 2.24) is 30.2 Å². The Balaban J connectivity index is 2.40. The molecule has 2 rings (SSSR count). The SMILES string of the molecule is CCCN(CCC)Cc1c(C(=O)O)nnn1-c1nonc1N. The molecule has 2 aromatic heterocycles. The molecule has 2 heterocycles. The van der Waals surface area contributed by atoms with Crippen LogP contribution in [0, 0.1) is 0 Å². The Labute approximate surface area is 126 Å². The third kappa shape index (κ3) is 3.22.